The van der Waals surface area contributed by atoms with Crippen LogP contribution >= 0.6 is 15.9 Å². The lowest BCUT2D eigenvalue weighted by Gasteiger charge is -2.09. The second-order valence-corrected chi connectivity index (χ2v) is 4.51. The van der Waals surface area contributed by atoms with Crippen molar-refractivity contribution in [2.45, 2.75) is 6.92 Å². The minimum absolute atomic E-state index is 0.194. The van der Waals surface area contributed by atoms with Crippen molar-refractivity contribution in [3.05, 3.63) is 34.8 Å². The number of anilines is 1. The molecule has 0 aliphatic rings. The summed E-state index contributed by atoms with van der Waals surface area (Å²) in [5.41, 5.74) is 6.72. The second kappa shape index (κ2) is 6.30. The summed E-state index contributed by atoms with van der Waals surface area (Å²) in [7, 11) is 0. The minimum atomic E-state index is -0.194. The number of halogens is 1. The molecule has 0 fully saturated rings. The van der Waals surface area contributed by atoms with Gasteiger partial charge in [0.2, 0.25) is 0 Å². The second-order valence-electron chi connectivity index (χ2n) is 3.39. The number of rotatable bonds is 5. The van der Waals surface area contributed by atoms with Gasteiger partial charge in [0.1, 0.15) is 5.75 Å². The third kappa shape index (κ3) is 4.11. The lowest BCUT2D eigenvalue weighted by molar-refractivity contribution is 0.0958. The zero-order valence-electron chi connectivity index (χ0n) is 9.63. The number of carbonyl (C=O) groups excluding carboxylic acids is 1. The molecule has 0 saturated heterocycles. The van der Waals surface area contributed by atoms with E-state index in [0.29, 0.717) is 34.6 Å². The Bertz CT molecular complexity index is 433. The van der Waals surface area contributed by atoms with Gasteiger partial charge >= 0.3 is 0 Å². The van der Waals surface area contributed by atoms with Crippen molar-refractivity contribution in [2.24, 2.45) is 0 Å². The zero-order valence-corrected chi connectivity index (χ0v) is 11.2. The number of hydrogen-bond acceptors (Lipinski definition) is 3. The van der Waals surface area contributed by atoms with Crippen LogP contribution in [0.25, 0.3) is 0 Å². The SMILES string of the molecule is C=C(Br)CNC(=O)c1ccc(OCC)c(N)c1. The van der Waals surface area contributed by atoms with Gasteiger partial charge in [-0.2, -0.15) is 0 Å². The van der Waals surface area contributed by atoms with E-state index in [1.807, 2.05) is 6.92 Å². The number of ether oxygens (including phenoxy) is 1. The van der Waals surface area contributed by atoms with E-state index < -0.39 is 0 Å². The first-order valence-electron chi connectivity index (χ1n) is 5.18. The van der Waals surface area contributed by atoms with Crippen LogP contribution in [0.2, 0.25) is 0 Å². The predicted octanol–water partition coefficient (Wildman–Crippen LogP) is 2.31. The molecule has 5 heteroatoms. The van der Waals surface area contributed by atoms with Gasteiger partial charge < -0.3 is 15.8 Å². The molecule has 0 spiro atoms. The van der Waals surface area contributed by atoms with Gasteiger partial charge in [-0.05, 0) is 25.1 Å². The van der Waals surface area contributed by atoms with Gasteiger partial charge in [-0.3, -0.25) is 4.79 Å². The van der Waals surface area contributed by atoms with Crippen molar-refractivity contribution < 1.29 is 9.53 Å². The lowest BCUT2D eigenvalue weighted by atomic mass is 10.1. The monoisotopic (exact) mass is 298 g/mol. The van der Waals surface area contributed by atoms with Crippen LogP contribution in [0.5, 0.6) is 5.75 Å². The van der Waals surface area contributed by atoms with Crippen molar-refractivity contribution in [1.82, 2.24) is 5.32 Å². The summed E-state index contributed by atoms with van der Waals surface area (Å²) < 4.78 is 6.00. The van der Waals surface area contributed by atoms with Crippen LogP contribution in [0.3, 0.4) is 0 Å². The molecule has 0 bridgehead atoms. The Labute approximate surface area is 109 Å². The van der Waals surface area contributed by atoms with E-state index in [2.05, 4.69) is 27.8 Å². The fourth-order valence-electron chi connectivity index (χ4n) is 1.25. The molecule has 3 N–H and O–H groups in total. The number of nitrogen functional groups attached to an aromatic ring is 1. The molecule has 1 aromatic carbocycles. The first-order valence-corrected chi connectivity index (χ1v) is 5.97. The van der Waals surface area contributed by atoms with Crippen LogP contribution in [0.4, 0.5) is 5.69 Å². The van der Waals surface area contributed by atoms with E-state index in [1.165, 1.54) is 0 Å². The number of carbonyl (C=O) groups is 1. The van der Waals surface area contributed by atoms with Crippen LogP contribution in [0, 0.1) is 0 Å². The van der Waals surface area contributed by atoms with E-state index in [4.69, 9.17) is 10.5 Å². The Balaban J connectivity index is 2.75. The Morgan fingerprint density at radius 1 is 1.59 bits per heavy atom. The molecule has 4 nitrogen and oxygen atoms in total. The maximum atomic E-state index is 11.7. The Morgan fingerprint density at radius 2 is 2.29 bits per heavy atom. The smallest absolute Gasteiger partial charge is 0.251 e. The van der Waals surface area contributed by atoms with Crippen molar-refractivity contribution in [2.75, 3.05) is 18.9 Å². The summed E-state index contributed by atoms with van der Waals surface area (Å²) in [5.74, 6) is 0.397. The highest BCUT2D eigenvalue weighted by molar-refractivity contribution is 9.11. The van der Waals surface area contributed by atoms with Gasteiger partial charge in [0, 0.05) is 16.6 Å². The fourth-order valence-corrected chi connectivity index (χ4v) is 1.40. The highest BCUT2D eigenvalue weighted by Gasteiger charge is 2.08. The maximum Gasteiger partial charge on any atom is 0.251 e. The molecule has 0 aliphatic carbocycles. The largest absolute Gasteiger partial charge is 0.492 e. The van der Waals surface area contributed by atoms with Gasteiger partial charge in [-0.25, -0.2) is 0 Å². The van der Waals surface area contributed by atoms with E-state index in [0.717, 1.165) is 0 Å². The van der Waals surface area contributed by atoms with Crippen LogP contribution < -0.4 is 15.8 Å². The first-order chi connectivity index (χ1) is 8.04. The Morgan fingerprint density at radius 3 is 2.82 bits per heavy atom. The van der Waals surface area contributed by atoms with Gasteiger partial charge in [0.05, 0.1) is 12.3 Å². The summed E-state index contributed by atoms with van der Waals surface area (Å²) in [5, 5.41) is 2.70. The molecule has 0 radical (unpaired) electrons. The van der Waals surface area contributed by atoms with Crippen LogP contribution in [-0.2, 0) is 0 Å². The average molecular weight is 299 g/mol. The number of nitrogens with one attached hydrogen (secondary N) is 1. The third-order valence-corrected chi connectivity index (χ3v) is 2.29. The summed E-state index contributed by atoms with van der Waals surface area (Å²) >= 11 is 3.17. The van der Waals surface area contributed by atoms with Gasteiger partial charge in [0.15, 0.2) is 0 Å². The Kier molecular flexibility index (Phi) is 5.03. The van der Waals surface area contributed by atoms with Crippen LogP contribution in [0.1, 0.15) is 17.3 Å². The number of benzene rings is 1. The molecule has 0 unspecified atom stereocenters. The fraction of sp³-hybridized carbons (Fsp3) is 0.250. The summed E-state index contributed by atoms with van der Waals surface area (Å²) in [6.07, 6.45) is 0. The van der Waals surface area contributed by atoms with Crippen molar-refractivity contribution >= 4 is 27.5 Å². The molecule has 92 valence electrons. The minimum Gasteiger partial charge on any atom is -0.492 e. The molecular formula is C12H15BrN2O2. The number of hydrogen-bond donors (Lipinski definition) is 2. The van der Waals surface area contributed by atoms with Crippen LogP contribution in [0.15, 0.2) is 29.3 Å². The van der Waals surface area contributed by atoms with Gasteiger partial charge in [-0.15, -0.1) is 0 Å². The predicted molar refractivity (Wildman–Crippen MR) is 72.4 cm³/mol. The molecule has 0 atom stereocenters. The lowest BCUT2D eigenvalue weighted by Crippen LogP contribution is -2.24. The number of nitrogens with two attached hydrogens (primary N) is 1. The van der Waals surface area contributed by atoms with E-state index in [1.54, 1.807) is 18.2 Å². The standard InChI is InChI=1S/C12H15BrN2O2/c1-3-17-11-5-4-9(6-10(11)14)12(16)15-7-8(2)13/h4-6H,2-3,7,14H2,1H3,(H,15,16). The molecule has 0 aliphatic heterocycles. The summed E-state index contributed by atoms with van der Waals surface area (Å²) in [6.45, 7) is 6.43. The number of amides is 1. The van der Waals surface area contributed by atoms with Crippen molar-refractivity contribution in [1.29, 1.82) is 0 Å². The quantitative estimate of drug-likeness (QED) is 0.820. The third-order valence-electron chi connectivity index (χ3n) is 2.01. The molecule has 1 rings (SSSR count). The molecule has 1 aromatic rings. The topological polar surface area (TPSA) is 64.3 Å². The molecule has 0 heterocycles. The highest BCUT2D eigenvalue weighted by Crippen LogP contribution is 2.22. The molecular weight excluding hydrogens is 284 g/mol. The highest BCUT2D eigenvalue weighted by atomic mass is 79.9. The summed E-state index contributed by atoms with van der Waals surface area (Å²) in [4.78, 5) is 11.7. The van der Waals surface area contributed by atoms with Gasteiger partial charge in [0.25, 0.3) is 5.91 Å². The van der Waals surface area contributed by atoms with E-state index >= 15 is 0 Å². The van der Waals surface area contributed by atoms with Crippen molar-refractivity contribution in [3.8, 4) is 5.75 Å². The van der Waals surface area contributed by atoms with Crippen LogP contribution in [-0.4, -0.2) is 19.1 Å². The first kappa shape index (κ1) is 13.6. The normalized spacial score (nSPS) is 9.76. The maximum absolute atomic E-state index is 11.7. The van der Waals surface area contributed by atoms with Crippen molar-refractivity contribution in [3.63, 3.8) is 0 Å². The molecule has 0 saturated carbocycles. The summed E-state index contributed by atoms with van der Waals surface area (Å²) in [6, 6.07) is 4.96. The van der Waals surface area contributed by atoms with Gasteiger partial charge in [-0.1, -0.05) is 22.5 Å². The molecule has 0 aromatic heterocycles. The molecule has 17 heavy (non-hydrogen) atoms. The van der Waals surface area contributed by atoms with E-state index in [-0.39, 0.29) is 5.91 Å². The molecule has 1 amide bonds. The zero-order chi connectivity index (χ0) is 12.8. The average Bonchev–Trinajstić information content (AvgIpc) is 2.28. The van der Waals surface area contributed by atoms with E-state index in [9.17, 15) is 4.79 Å². The Hall–Kier alpha value is -1.49.